The fourth-order valence-corrected chi connectivity index (χ4v) is 2.62. The lowest BCUT2D eigenvalue weighted by molar-refractivity contribution is -0.385. The minimum Gasteiger partial charge on any atom is -0.258 e. The van der Waals surface area contributed by atoms with Crippen LogP contribution in [0.1, 0.15) is 11.1 Å². The molecule has 5 heteroatoms. The van der Waals surface area contributed by atoms with Crippen molar-refractivity contribution < 1.29 is 4.92 Å². The normalized spacial score (nSPS) is 9.89. The summed E-state index contributed by atoms with van der Waals surface area (Å²) >= 11 is 1.48. The number of rotatable bonds is 3. The minimum absolute atomic E-state index is 0.0858. The van der Waals surface area contributed by atoms with Crippen LogP contribution in [0, 0.1) is 28.4 Å². The Morgan fingerprint density at radius 1 is 1.21 bits per heavy atom. The Labute approximate surface area is 114 Å². The number of benzene rings is 2. The van der Waals surface area contributed by atoms with Crippen LogP contribution in [0.4, 0.5) is 5.69 Å². The molecule has 0 aromatic heterocycles. The Morgan fingerprint density at radius 3 is 2.58 bits per heavy atom. The zero-order chi connectivity index (χ0) is 13.8. The molecule has 0 atom stereocenters. The first kappa shape index (κ1) is 13.1. The number of nitro groups is 1. The first-order chi connectivity index (χ1) is 9.10. The van der Waals surface area contributed by atoms with Crippen LogP contribution >= 0.6 is 11.8 Å². The van der Waals surface area contributed by atoms with Gasteiger partial charge in [-0.1, -0.05) is 29.5 Å². The molecule has 0 N–H and O–H groups in total. The maximum absolute atomic E-state index is 10.7. The molecule has 0 saturated heterocycles. The van der Waals surface area contributed by atoms with Crippen molar-refractivity contribution in [3.05, 3.63) is 63.7 Å². The molecule has 0 radical (unpaired) electrons. The molecule has 2 rings (SSSR count). The lowest BCUT2D eigenvalue weighted by atomic mass is 10.2. The van der Waals surface area contributed by atoms with Gasteiger partial charge in [0.2, 0.25) is 0 Å². The van der Waals surface area contributed by atoms with Gasteiger partial charge in [-0.2, -0.15) is 5.26 Å². The molecule has 0 saturated carbocycles. The topological polar surface area (TPSA) is 66.9 Å². The second kappa shape index (κ2) is 5.55. The van der Waals surface area contributed by atoms with Crippen molar-refractivity contribution in [2.24, 2.45) is 0 Å². The van der Waals surface area contributed by atoms with E-state index in [1.165, 1.54) is 17.8 Å². The summed E-state index contributed by atoms with van der Waals surface area (Å²) in [6, 6.07) is 14.4. The Balaban J connectivity index is 2.32. The van der Waals surface area contributed by atoms with Crippen LogP contribution < -0.4 is 0 Å². The van der Waals surface area contributed by atoms with Gasteiger partial charge in [0, 0.05) is 15.9 Å². The minimum atomic E-state index is -0.542. The maximum Gasteiger partial charge on any atom is 0.287 e. The van der Waals surface area contributed by atoms with E-state index in [2.05, 4.69) is 0 Å². The number of aryl methyl sites for hydroxylation is 1. The quantitative estimate of drug-likeness (QED) is 0.626. The van der Waals surface area contributed by atoms with Crippen LogP contribution in [0.15, 0.2) is 52.3 Å². The van der Waals surface area contributed by atoms with E-state index in [4.69, 9.17) is 5.26 Å². The lowest BCUT2D eigenvalue weighted by Crippen LogP contribution is -1.92. The molecule has 0 aliphatic heterocycles. The van der Waals surface area contributed by atoms with E-state index in [0.29, 0.717) is 0 Å². The van der Waals surface area contributed by atoms with Crippen LogP contribution in [0.5, 0.6) is 0 Å². The van der Waals surface area contributed by atoms with Gasteiger partial charge < -0.3 is 0 Å². The molecule has 19 heavy (non-hydrogen) atoms. The summed E-state index contributed by atoms with van der Waals surface area (Å²) in [6.07, 6.45) is 0. The summed E-state index contributed by atoms with van der Waals surface area (Å²) in [5.41, 5.74) is 1.08. The summed E-state index contributed by atoms with van der Waals surface area (Å²) in [5.74, 6) is 0. The first-order valence-electron chi connectivity index (χ1n) is 5.53. The largest absolute Gasteiger partial charge is 0.287 e. The Hall–Kier alpha value is -2.32. The lowest BCUT2D eigenvalue weighted by Gasteiger charge is -2.03. The van der Waals surface area contributed by atoms with Crippen molar-refractivity contribution in [3.8, 4) is 6.07 Å². The molecule has 0 aliphatic carbocycles. The van der Waals surface area contributed by atoms with Gasteiger partial charge in [-0.05, 0) is 31.2 Å². The Kier molecular flexibility index (Phi) is 3.83. The molecule has 0 unspecified atom stereocenters. The Morgan fingerprint density at radius 2 is 1.95 bits per heavy atom. The van der Waals surface area contributed by atoms with Gasteiger partial charge in [0.25, 0.3) is 5.69 Å². The molecule has 0 heterocycles. The van der Waals surface area contributed by atoms with Crippen molar-refractivity contribution in [1.29, 1.82) is 5.26 Å². The average Bonchev–Trinajstić information content (AvgIpc) is 2.38. The van der Waals surface area contributed by atoms with Gasteiger partial charge in [-0.3, -0.25) is 10.1 Å². The van der Waals surface area contributed by atoms with E-state index in [1.807, 2.05) is 37.3 Å². The van der Waals surface area contributed by atoms with Crippen molar-refractivity contribution >= 4 is 17.4 Å². The van der Waals surface area contributed by atoms with E-state index in [0.717, 1.165) is 15.4 Å². The molecule has 2 aromatic rings. The highest BCUT2D eigenvalue weighted by Crippen LogP contribution is 2.31. The third kappa shape index (κ3) is 3.12. The molecule has 0 bridgehead atoms. The number of nitro benzene ring substituents is 1. The molecular weight excluding hydrogens is 260 g/mol. The third-order valence-corrected chi connectivity index (χ3v) is 3.49. The molecule has 0 aliphatic rings. The summed E-state index contributed by atoms with van der Waals surface area (Å²) < 4.78 is 0. The second-order valence-corrected chi connectivity index (χ2v) is 5.11. The van der Waals surface area contributed by atoms with E-state index >= 15 is 0 Å². The van der Waals surface area contributed by atoms with Crippen LogP contribution in [0.25, 0.3) is 0 Å². The zero-order valence-electron chi connectivity index (χ0n) is 10.2. The summed E-state index contributed by atoms with van der Waals surface area (Å²) in [4.78, 5) is 12.1. The van der Waals surface area contributed by atoms with Gasteiger partial charge in [0.1, 0.15) is 11.6 Å². The predicted molar refractivity (Wildman–Crippen MR) is 73.1 cm³/mol. The monoisotopic (exact) mass is 270 g/mol. The fourth-order valence-electron chi connectivity index (χ4n) is 1.64. The van der Waals surface area contributed by atoms with E-state index in [9.17, 15) is 10.1 Å². The SMILES string of the molecule is Cc1cccc(Sc2ccc([N+](=O)[O-])c(C#N)c2)c1. The number of nitrogens with zero attached hydrogens (tertiary/aromatic N) is 2. The smallest absolute Gasteiger partial charge is 0.258 e. The molecule has 0 fully saturated rings. The predicted octanol–water partition coefficient (Wildman–Crippen LogP) is 3.93. The zero-order valence-corrected chi connectivity index (χ0v) is 11.0. The van der Waals surface area contributed by atoms with Crippen LogP contribution in [0.2, 0.25) is 0 Å². The highest BCUT2D eigenvalue weighted by Gasteiger charge is 2.14. The van der Waals surface area contributed by atoms with Crippen molar-refractivity contribution in [1.82, 2.24) is 0 Å². The molecule has 94 valence electrons. The fraction of sp³-hybridized carbons (Fsp3) is 0.0714. The Bertz CT molecular complexity index is 677. The maximum atomic E-state index is 10.7. The summed E-state index contributed by atoms with van der Waals surface area (Å²) in [5, 5.41) is 19.7. The van der Waals surface area contributed by atoms with E-state index in [1.54, 1.807) is 12.1 Å². The number of hydrogen-bond acceptors (Lipinski definition) is 4. The van der Waals surface area contributed by atoms with Crippen LogP contribution in [0.3, 0.4) is 0 Å². The highest BCUT2D eigenvalue weighted by molar-refractivity contribution is 7.99. The van der Waals surface area contributed by atoms with E-state index < -0.39 is 4.92 Å². The number of nitriles is 1. The van der Waals surface area contributed by atoms with Gasteiger partial charge in [-0.25, -0.2) is 0 Å². The first-order valence-corrected chi connectivity index (χ1v) is 6.35. The van der Waals surface area contributed by atoms with E-state index in [-0.39, 0.29) is 11.3 Å². The van der Waals surface area contributed by atoms with Gasteiger partial charge in [-0.15, -0.1) is 0 Å². The summed E-state index contributed by atoms with van der Waals surface area (Å²) in [6.45, 7) is 2.00. The van der Waals surface area contributed by atoms with Gasteiger partial charge >= 0.3 is 0 Å². The van der Waals surface area contributed by atoms with Crippen molar-refractivity contribution in [2.75, 3.05) is 0 Å². The van der Waals surface area contributed by atoms with Gasteiger partial charge in [0.05, 0.1) is 4.92 Å². The van der Waals surface area contributed by atoms with Crippen LogP contribution in [-0.2, 0) is 0 Å². The summed E-state index contributed by atoms with van der Waals surface area (Å²) in [7, 11) is 0. The van der Waals surface area contributed by atoms with Crippen LogP contribution in [-0.4, -0.2) is 4.92 Å². The molecule has 0 spiro atoms. The highest BCUT2D eigenvalue weighted by atomic mass is 32.2. The van der Waals surface area contributed by atoms with Crippen molar-refractivity contribution in [3.63, 3.8) is 0 Å². The molecule has 2 aromatic carbocycles. The standard InChI is InChI=1S/C14H10N2O2S/c1-10-3-2-4-12(7-10)19-13-5-6-14(16(17)18)11(8-13)9-15/h2-8H,1H3. The molecule has 0 amide bonds. The number of hydrogen-bond donors (Lipinski definition) is 0. The molecular formula is C14H10N2O2S. The second-order valence-electron chi connectivity index (χ2n) is 3.97. The third-order valence-electron chi connectivity index (χ3n) is 2.51. The molecule has 4 nitrogen and oxygen atoms in total. The van der Waals surface area contributed by atoms with Gasteiger partial charge in [0.15, 0.2) is 0 Å². The van der Waals surface area contributed by atoms with Crippen molar-refractivity contribution in [2.45, 2.75) is 16.7 Å². The average molecular weight is 270 g/mol.